The van der Waals surface area contributed by atoms with Crippen molar-refractivity contribution in [3.05, 3.63) is 41.7 Å². The van der Waals surface area contributed by atoms with Crippen LogP contribution in [0.15, 0.2) is 41.2 Å². The Morgan fingerprint density at radius 2 is 2.06 bits per heavy atom. The minimum Gasteiger partial charge on any atom is -0.393 e. The highest BCUT2D eigenvalue weighted by Crippen LogP contribution is 2.65. The predicted molar refractivity (Wildman–Crippen MR) is 127 cm³/mol. The highest BCUT2D eigenvalue weighted by Gasteiger charge is 2.58. The van der Waals surface area contributed by atoms with Crippen molar-refractivity contribution in [2.75, 3.05) is 6.61 Å². The second-order valence-electron chi connectivity index (χ2n) is 11.1. The van der Waals surface area contributed by atoms with Crippen molar-refractivity contribution in [3.8, 4) is 0 Å². The highest BCUT2D eigenvalue weighted by molar-refractivity contribution is 5.96. The van der Waals surface area contributed by atoms with Crippen molar-refractivity contribution in [2.24, 2.45) is 33.7 Å². The molecule has 4 aliphatic rings. The molecule has 33 heavy (non-hydrogen) atoms. The van der Waals surface area contributed by atoms with E-state index in [1.807, 2.05) is 18.2 Å². The fourth-order valence-corrected chi connectivity index (χ4v) is 7.53. The molecule has 0 radical (unpaired) electrons. The summed E-state index contributed by atoms with van der Waals surface area (Å²) in [6, 6.07) is 5.63. The maximum Gasteiger partial charge on any atom is 0.261 e. The molecule has 178 valence electrons. The van der Waals surface area contributed by atoms with Crippen molar-refractivity contribution in [3.63, 3.8) is 0 Å². The van der Waals surface area contributed by atoms with E-state index in [2.05, 4.69) is 35.4 Å². The van der Waals surface area contributed by atoms with Gasteiger partial charge in [0.2, 0.25) is 0 Å². The number of aliphatic hydroxyl groups is 1. The predicted octanol–water partition coefficient (Wildman–Crippen LogP) is 4.39. The van der Waals surface area contributed by atoms with Crippen LogP contribution in [0.25, 0.3) is 0 Å². The number of nitrogens with zero attached hydrogens (tertiary/aromatic N) is 2. The molecular formula is C27H37N3O3. The van der Waals surface area contributed by atoms with Gasteiger partial charge >= 0.3 is 0 Å². The van der Waals surface area contributed by atoms with Gasteiger partial charge in [-0.05, 0) is 98.2 Å². The van der Waals surface area contributed by atoms with Crippen molar-refractivity contribution in [1.29, 1.82) is 0 Å². The van der Waals surface area contributed by atoms with Crippen LogP contribution >= 0.6 is 0 Å². The number of oxime groups is 1. The first-order valence-corrected chi connectivity index (χ1v) is 12.6. The summed E-state index contributed by atoms with van der Waals surface area (Å²) in [7, 11) is 0. The lowest BCUT2D eigenvalue weighted by Gasteiger charge is -2.57. The summed E-state index contributed by atoms with van der Waals surface area (Å²) >= 11 is 0. The number of nitrogens with one attached hydrogen (secondary N) is 1. The molecule has 1 heterocycles. The first-order chi connectivity index (χ1) is 15.9. The first kappa shape index (κ1) is 22.6. The van der Waals surface area contributed by atoms with Gasteiger partial charge in [-0.25, -0.2) is 0 Å². The number of rotatable bonds is 5. The number of carbonyl (C=O) groups is 1. The average Bonchev–Trinajstić information content (AvgIpc) is 3.13. The Labute approximate surface area is 196 Å². The third kappa shape index (κ3) is 4.11. The van der Waals surface area contributed by atoms with Crippen molar-refractivity contribution in [2.45, 2.75) is 77.9 Å². The minimum absolute atomic E-state index is 0.0793. The molecule has 3 saturated carbocycles. The molecule has 5 rings (SSSR count). The number of pyridine rings is 1. The summed E-state index contributed by atoms with van der Waals surface area (Å²) in [5.74, 6) is 1.93. The summed E-state index contributed by atoms with van der Waals surface area (Å²) in [5.41, 5.74) is 3.65. The summed E-state index contributed by atoms with van der Waals surface area (Å²) in [6.07, 6.45) is 12.7. The zero-order chi connectivity index (χ0) is 23.1. The Morgan fingerprint density at radius 1 is 1.18 bits per heavy atom. The van der Waals surface area contributed by atoms with Crippen molar-refractivity contribution >= 4 is 11.6 Å². The molecule has 0 bridgehead atoms. The van der Waals surface area contributed by atoms with Crippen molar-refractivity contribution in [1.82, 2.24) is 10.3 Å². The number of aliphatic hydroxyl groups excluding tert-OH is 1. The summed E-state index contributed by atoms with van der Waals surface area (Å²) in [5, 5.41) is 17.8. The Kier molecular flexibility index (Phi) is 6.06. The van der Waals surface area contributed by atoms with Gasteiger partial charge in [0.1, 0.15) is 0 Å². The van der Waals surface area contributed by atoms with E-state index >= 15 is 0 Å². The molecule has 0 aromatic carbocycles. The quantitative estimate of drug-likeness (QED) is 0.650. The van der Waals surface area contributed by atoms with Crippen LogP contribution in [0.2, 0.25) is 0 Å². The number of hydrogen-bond acceptors (Lipinski definition) is 5. The smallest absolute Gasteiger partial charge is 0.261 e. The van der Waals surface area contributed by atoms with Crippen LogP contribution in [0, 0.1) is 28.6 Å². The van der Waals surface area contributed by atoms with Gasteiger partial charge < -0.3 is 15.3 Å². The lowest BCUT2D eigenvalue weighted by atomic mass is 9.47. The van der Waals surface area contributed by atoms with Gasteiger partial charge in [-0.1, -0.05) is 30.6 Å². The van der Waals surface area contributed by atoms with E-state index in [1.165, 1.54) is 24.8 Å². The molecule has 1 aromatic heterocycles. The van der Waals surface area contributed by atoms with Crippen LogP contribution in [-0.2, 0) is 16.2 Å². The summed E-state index contributed by atoms with van der Waals surface area (Å²) in [4.78, 5) is 21.7. The van der Waals surface area contributed by atoms with Crippen molar-refractivity contribution < 1.29 is 14.7 Å². The van der Waals surface area contributed by atoms with E-state index in [4.69, 9.17) is 4.84 Å². The molecule has 6 heteroatoms. The average molecular weight is 452 g/mol. The third-order valence-electron chi connectivity index (χ3n) is 9.50. The number of fused-ring (bicyclic) bond motifs is 5. The Bertz CT molecular complexity index is 945. The third-order valence-corrected chi connectivity index (χ3v) is 9.50. The molecular weight excluding hydrogens is 414 g/mol. The second kappa shape index (κ2) is 8.86. The van der Waals surface area contributed by atoms with Crippen LogP contribution < -0.4 is 5.32 Å². The monoisotopic (exact) mass is 451 g/mol. The van der Waals surface area contributed by atoms with E-state index in [-0.39, 0.29) is 29.4 Å². The molecule has 6 nitrogen and oxygen atoms in total. The molecule has 2 N–H and O–H groups in total. The van der Waals surface area contributed by atoms with E-state index < -0.39 is 0 Å². The number of allylic oxidation sites excluding steroid dienone is 2. The van der Waals surface area contributed by atoms with Gasteiger partial charge in [0.25, 0.3) is 5.91 Å². The highest BCUT2D eigenvalue weighted by atomic mass is 16.6. The number of hydrogen-bond donors (Lipinski definition) is 2. The maximum atomic E-state index is 12.1. The zero-order valence-electron chi connectivity index (χ0n) is 19.9. The minimum atomic E-state index is -0.192. The van der Waals surface area contributed by atoms with E-state index in [9.17, 15) is 9.90 Å². The van der Waals surface area contributed by atoms with Crippen LogP contribution in [0.4, 0.5) is 0 Å². The molecule has 4 unspecified atom stereocenters. The number of aromatic nitrogens is 1. The number of amides is 1. The molecule has 4 aliphatic carbocycles. The standard InChI is InChI=1S/C27H37N3O3/c1-26-12-10-19(30-33-17-25(32)29-16-20-5-3-4-14-28-20)15-18(26)6-7-21-22-8-9-24(31)27(22,2)13-11-23(21)26/h3-5,14-15,21-24,31H,6-13,16-17H2,1-2H3,(H,29,32)/t21?,22?,23?,24?,26-,27-/m0/s1. The van der Waals surface area contributed by atoms with E-state index in [1.54, 1.807) is 6.20 Å². The number of carbonyl (C=O) groups excluding carboxylic acids is 1. The normalized spacial score (nSPS) is 38.6. The fraction of sp³-hybridized carbons (Fsp3) is 0.667. The van der Waals surface area contributed by atoms with Gasteiger partial charge in [-0.3, -0.25) is 9.78 Å². The van der Waals surface area contributed by atoms with Crippen LogP contribution in [0.1, 0.15) is 70.9 Å². The Hall–Kier alpha value is -2.21. The lowest BCUT2D eigenvalue weighted by molar-refractivity contribution is -0.125. The van der Waals surface area contributed by atoms with Gasteiger partial charge in [-0.2, -0.15) is 0 Å². The zero-order valence-corrected chi connectivity index (χ0v) is 19.9. The molecule has 1 amide bonds. The second-order valence-corrected chi connectivity index (χ2v) is 11.1. The summed E-state index contributed by atoms with van der Waals surface area (Å²) in [6.45, 7) is 5.12. The lowest BCUT2D eigenvalue weighted by Crippen LogP contribution is -2.51. The largest absolute Gasteiger partial charge is 0.393 e. The van der Waals surface area contributed by atoms with Crippen LogP contribution in [0.5, 0.6) is 0 Å². The van der Waals surface area contributed by atoms with Gasteiger partial charge in [-0.15, -0.1) is 0 Å². The summed E-state index contributed by atoms with van der Waals surface area (Å²) < 4.78 is 0. The molecule has 0 spiro atoms. The SMILES string of the molecule is C[C@]12CCC3C(CCC4=CC(=NOCC(=O)NCc5ccccn5)CC[C@@]43C)C1CCC2O. The molecule has 3 fully saturated rings. The van der Waals surface area contributed by atoms with Gasteiger partial charge in [0.05, 0.1) is 24.1 Å². The van der Waals surface area contributed by atoms with Gasteiger partial charge in [0.15, 0.2) is 6.61 Å². The maximum absolute atomic E-state index is 12.1. The molecule has 1 aromatic rings. The fourth-order valence-electron chi connectivity index (χ4n) is 7.53. The molecule has 0 aliphatic heterocycles. The topological polar surface area (TPSA) is 83.8 Å². The van der Waals surface area contributed by atoms with E-state index in [0.717, 1.165) is 49.4 Å². The molecule has 6 atom stereocenters. The van der Waals surface area contributed by atoms with Crippen LogP contribution in [-0.4, -0.2) is 34.4 Å². The Morgan fingerprint density at radius 3 is 2.88 bits per heavy atom. The molecule has 0 saturated heterocycles. The van der Waals surface area contributed by atoms with Gasteiger partial charge in [0, 0.05) is 6.20 Å². The Balaban J connectivity index is 1.19. The van der Waals surface area contributed by atoms with Crippen LogP contribution in [0.3, 0.4) is 0 Å². The van der Waals surface area contributed by atoms with E-state index in [0.29, 0.717) is 18.4 Å². The first-order valence-electron chi connectivity index (χ1n) is 12.6.